The number of benzene rings is 1. The van der Waals surface area contributed by atoms with E-state index in [2.05, 4.69) is 21.2 Å². The molecular formula is C15H19BrF2N2O. The Bertz CT molecular complexity index is 529. The molecule has 1 aliphatic rings. The van der Waals surface area contributed by atoms with Crippen LogP contribution in [0.2, 0.25) is 0 Å². The van der Waals surface area contributed by atoms with Gasteiger partial charge in [-0.05, 0) is 34.8 Å². The van der Waals surface area contributed by atoms with Gasteiger partial charge in [0.2, 0.25) is 5.91 Å². The van der Waals surface area contributed by atoms with Crippen LogP contribution in [0.3, 0.4) is 0 Å². The summed E-state index contributed by atoms with van der Waals surface area (Å²) in [7, 11) is 0. The van der Waals surface area contributed by atoms with Gasteiger partial charge in [0.15, 0.2) is 0 Å². The average molecular weight is 361 g/mol. The largest absolute Gasteiger partial charge is 0.329 e. The molecule has 1 amide bonds. The predicted molar refractivity (Wildman–Crippen MR) is 81.9 cm³/mol. The van der Waals surface area contributed by atoms with E-state index < -0.39 is 17.0 Å². The van der Waals surface area contributed by atoms with Crippen LogP contribution in [0.5, 0.6) is 0 Å². The number of hydrogen-bond donors (Lipinski definition) is 2. The van der Waals surface area contributed by atoms with Crippen LogP contribution in [0.4, 0.5) is 14.5 Å². The van der Waals surface area contributed by atoms with Gasteiger partial charge in [0.25, 0.3) is 0 Å². The number of halogens is 3. The van der Waals surface area contributed by atoms with Crippen molar-refractivity contribution < 1.29 is 13.6 Å². The molecule has 0 heterocycles. The number of nitrogens with two attached hydrogens (primary N) is 1. The van der Waals surface area contributed by atoms with E-state index in [1.807, 2.05) is 0 Å². The van der Waals surface area contributed by atoms with Crippen LogP contribution in [0.1, 0.15) is 38.5 Å². The third-order valence-electron chi connectivity index (χ3n) is 4.19. The molecule has 0 aromatic heterocycles. The van der Waals surface area contributed by atoms with Crippen LogP contribution in [0, 0.1) is 17.0 Å². The van der Waals surface area contributed by atoms with Crippen LogP contribution in [0.25, 0.3) is 0 Å². The van der Waals surface area contributed by atoms with Crippen molar-refractivity contribution in [3.05, 3.63) is 28.2 Å². The van der Waals surface area contributed by atoms with Crippen LogP contribution < -0.4 is 11.1 Å². The van der Waals surface area contributed by atoms with Crippen molar-refractivity contribution in [1.82, 2.24) is 0 Å². The van der Waals surface area contributed by atoms with E-state index in [0.29, 0.717) is 12.8 Å². The molecule has 3 N–H and O–H groups in total. The molecule has 0 unspecified atom stereocenters. The molecule has 1 aromatic rings. The van der Waals surface area contributed by atoms with Crippen LogP contribution in [0.15, 0.2) is 16.6 Å². The molecule has 21 heavy (non-hydrogen) atoms. The third-order valence-corrected chi connectivity index (χ3v) is 4.80. The van der Waals surface area contributed by atoms with Crippen LogP contribution in [-0.2, 0) is 4.79 Å². The molecule has 3 nitrogen and oxygen atoms in total. The minimum atomic E-state index is -0.674. The number of anilines is 1. The lowest BCUT2D eigenvalue weighted by Crippen LogP contribution is -2.42. The zero-order valence-corrected chi connectivity index (χ0v) is 13.3. The van der Waals surface area contributed by atoms with Crippen molar-refractivity contribution in [3.63, 3.8) is 0 Å². The van der Waals surface area contributed by atoms with Gasteiger partial charge in [-0.25, -0.2) is 8.78 Å². The van der Waals surface area contributed by atoms with Crippen molar-refractivity contribution in [2.45, 2.75) is 38.5 Å². The summed E-state index contributed by atoms with van der Waals surface area (Å²) < 4.78 is 27.4. The summed E-state index contributed by atoms with van der Waals surface area (Å²) in [6, 6.07) is 1.99. The number of hydrogen-bond acceptors (Lipinski definition) is 2. The minimum Gasteiger partial charge on any atom is -0.329 e. The van der Waals surface area contributed by atoms with Crippen molar-refractivity contribution >= 4 is 27.5 Å². The SMILES string of the molecule is NCC1(C(=O)Nc2cc(F)c(Br)cc2F)CCCCCC1. The maximum Gasteiger partial charge on any atom is 0.231 e. The molecule has 1 saturated carbocycles. The molecule has 0 atom stereocenters. The lowest BCUT2D eigenvalue weighted by molar-refractivity contribution is -0.125. The molecule has 6 heteroatoms. The fourth-order valence-electron chi connectivity index (χ4n) is 2.80. The Morgan fingerprint density at radius 2 is 1.81 bits per heavy atom. The molecule has 0 bridgehead atoms. The first-order chi connectivity index (χ1) is 9.98. The Labute approximate surface area is 131 Å². The first-order valence-electron chi connectivity index (χ1n) is 7.14. The molecule has 0 radical (unpaired) electrons. The van der Waals surface area contributed by atoms with E-state index in [9.17, 15) is 13.6 Å². The maximum atomic E-state index is 13.8. The summed E-state index contributed by atoms with van der Waals surface area (Å²) in [5, 5.41) is 2.51. The highest BCUT2D eigenvalue weighted by atomic mass is 79.9. The van der Waals surface area contributed by atoms with Gasteiger partial charge < -0.3 is 11.1 Å². The average Bonchev–Trinajstić information content (AvgIpc) is 2.71. The van der Waals surface area contributed by atoms with Gasteiger partial charge in [-0.15, -0.1) is 0 Å². The molecule has 1 aromatic carbocycles. The molecule has 116 valence electrons. The van der Waals surface area contributed by atoms with Gasteiger partial charge >= 0.3 is 0 Å². The number of carbonyl (C=O) groups excluding carboxylic acids is 1. The molecular weight excluding hydrogens is 342 g/mol. The lowest BCUT2D eigenvalue weighted by Gasteiger charge is -2.29. The molecule has 1 fully saturated rings. The first kappa shape index (κ1) is 16.4. The van der Waals surface area contributed by atoms with Crippen molar-refractivity contribution in [3.8, 4) is 0 Å². The van der Waals surface area contributed by atoms with Gasteiger partial charge in [0, 0.05) is 12.6 Å². The van der Waals surface area contributed by atoms with Gasteiger partial charge in [0.1, 0.15) is 11.6 Å². The highest BCUT2D eigenvalue weighted by Gasteiger charge is 2.37. The fraction of sp³-hybridized carbons (Fsp3) is 0.533. The van der Waals surface area contributed by atoms with Gasteiger partial charge in [0.05, 0.1) is 15.6 Å². The van der Waals surface area contributed by atoms with E-state index in [1.54, 1.807) is 0 Å². The number of amides is 1. The second-order valence-corrected chi connectivity index (χ2v) is 6.45. The first-order valence-corrected chi connectivity index (χ1v) is 7.94. The Kier molecular flexibility index (Phi) is 5.32. The second kappa shape index (κ2) is 6.83. The lowest BCUT2D eigenvalue weighted by atomic mass is 9.79. The summed E-state index contributed by atoms with van der Waals surface area (Å²) in [6.07, 6.45) is 5.40. The number of rotatable bonds is 3. The minimum absolute atomic E-state index is 0.0287. The Morgan fingerprint density at radius 3 is 2.38 bits per heavy atom. The number of nitrogens with one attached hydrogen (secondary N) is 1. The molecule has 0 aliphatic heterocycles. The van der Waals surface area contributed by atoms with E-state index in [0.717, 1.165) is 37.8 Å². The van der Waals surface area contributed by atoms with Crippen molar-refractivity contribution in [2.75, 3.05) is 11.9 Å². The summed E-state index contributed by atoms with van der Waals surface area (Å²) >= 11 is 2.91. The summed E-state index contributed by atoms with van der Waals surface area (Å²) in [5.41, 5.74) is 5.00. The highest BCUT2D eigenvalue weighted by Crippen LogP contribution is 2.36. The van der Waals surface area contributed by atoms with Crippen LogP contribution >= 0.6 is 15.9 Å². The monoisotopic (exact) mass is 360 g/mol. The summed E-state index contributed by atoms with van der Waals surface area (Å²) in [4.78, 5) is 12.5. The number of carbonyl (C=O) groups is 1. The fourth-order valence-corrected chi connectivity index (χ4v) is 3.12. The highest BCUT2D eigenvalue weighted by molar-refractivity contribution is 9.10. The zero-order valence-electron chi connectivity index (χ0n) is 11.7. The molecule has 0 saturated heterocycles. The Morgan fingerprint density at radius 1 is 1.19 bits per heavy atom. The Balaban J connectivity index is 2.21. The molecule has 1 aliphatic carbocycles. The molecule has 2 rings (SSSR count). The van der Waals surface area contributed by atoms with Gasteiger partial charge in [-0.3, -0.25) is 4.79 Å². The van der Waals surface area contributed by atoms with Gasteiger partial charge in [-0.1, -0.05) is 25.7 Å². The van der Waals surface area contributed by atoms with E-state index in [4.69, 9.17) is 5.73 Å². The quantitative estimate of drug-likeness (QED) is 0.632. The van der Waals surface area contributed by atoms with Crippen LogP contribution in [-0.4, -0.2) is 12.5 Å². The van der Waals surface area contributed by atoms with Crippen molar-refractivity contribution in [1.29, 1.82) is 0 Å². The Hall–Kier alpha value is -1.01. The predicted octanol–water partition coefficient (Wildman–Crippen LogP) is 3.97. The van der Waals surface area contributed by atoms with E-state index >= 15 is 0 Å². The van der Waals surface area contributed by atoms with E-state index in [1.165, 1.54) is 0 Å². The van der Waals surface area contributed by atoms with Crippen molar-refractivity contribution in [2.24, 2.45) is 11.1 Å². The topological polar surface area (TPSA) is 55.1 Å². The van der Waals surface area contributed by atoms with Gasteiger partial charge in [-0.2, -0.15) is 0 Å². The third kappa shape index (κ3) is 3.61. The molecule has 0 spiro atoms. The summed E-state index contributed by atoms with van der Waals surface area (Å²) in [5.74, 6) is -1.60. The normalized spacial score (nSPS) is 18.1. The second-order valence-electron chi connectivity index (χ2n) is 5.60. The zero-order chi connectivity index (χ0) is 15.5. The summed E-state index contributed by atoms with van der Waals surface area (Å²) in [6.45, 7) is 0.222. The smallest absolute Gasteiger partial charge is 0.231 e. The van der Waals surface area contributed by atoms with E-state index in [-0.39, 0.29) is 22.6 Å². The maximum absolute atomic E-state index is 13.8. The standard InChI is InChI=1S/C15H19BrF2N2O/c16-10-7-12(18)13(8-11(10)17)20-14(21)15(9-19)5-3-1-2-4-6-15/h7-8H,1-6,9,19H2,(H,20,21).